The van der Waals surface area contributed by atoms with E-state index in [1.54, 1.807) is 11.7 Å². The Balaban J connectivity index is 1.51. The molecule has 1 aliphatic rings. The van der Waals surface area contributed by atoms with Crippen LogP contribution in [0.3, 0.4) is 0 Å². The van der Waals surface area contributed by atoms with Crippen molar-refractivity contribution in [2.75, 3.05) is 13.1 Å². The molecule has 3 aromatic rings. The standard InChI is InChI=1S/C17H17N5O2S/c1-11-14(25-10-19-11)17(23)22-8-4-5-12(9-22)15-20-16(24-21-15)13-6-2-3-7-18-13/h2-3,6-7,10,12H,4-5,8-9H2,1H3. The fourth-order valence-corrected chi connectivity index (χ4v) is 3.79. The van der Waals surface area contributed by atoms with Crippen LogP contribution < -0.4 is 0 Å². The second-order valence-electron chi connectivity index (χ2n) is 6.03. The van der Waals surface area contributed by atoms with E-state index in [1.807, 2.05) is 30.0 Å². The van der Waals surface area contributed by atoms with E-state index in [-0.39, 0.29) is 11.8 Å². The molecule has 0 radical (unpaired) electrons. The molecule has 0 bridgehead atoms. The third-order valence-electron chi connectivity index (χ3n) is 4.34. The second-order valence-corrected chi connectivity index (χ2v) is 6.88. The van der Waals surface area contributed by atoms with Crippen LogP contribution in [0.4, 0.5) is 0 Å². The summed E-state index contributed by atoms with van der Waals surface area (Å²) in [4.78, 5) is 28.2. The van der Waals surface area contributed by atoms with Crippen LogP contribution in [0.25, 0.3) is 11.6 Å². The Bertz CT molecular complexity index is 876. The van der Waals surface area contributed by atoms with Gasteiger partial charge in [0.2, 0.25) is 0 Å². The van der Waals surface area contributed by atoms with Crippen LogP contribution in [-0.2, 0) is 0 Å². The van der Waals surface area contributed by atoms with Gasteiger partial charge in [0.25, 0.3) is 11.8 Å². The Kier molecular flexibility index (Phi) is 4.27. The van der Waals surface area contributed by atoms with Gasteiger partial charge < -0.3 is 9.42 Å². The summed E-state index contributed by atoms with van der Waals surface area (Å²) in [6, 6.07) is 5.55. The highest BCUT2D eigenvalue weighted by molar-refractivity contribution is 7.11. The number of carbonyl (C=O) groups is 1. The number of piperidine rings is 1. The third kappa shape index (κ3) is 3.17. The van der Waals surface area contributed by atoms with E-state index in [0.717, 1.165) is 25.1 Å². The summed E-state index contributed by atoms with van der Waals surface area (Å²) in [6.45, 7) is 3.21. The monoisotopic (exact) mass is 355 g/mol. The molecule has 1 fully saturated rings. The topological polar surface area (TPSA) is 85.0 Å². The van der Waals surface area contributed by atoms with Gasteiger partial charge in [0, 0.05) is 25.2 Å². The highest BCUT2D eigenvalue weighted by atomic mass is 32.1. The lowest BCUT2D eigenvalue weighted by Crippen LogP contribution is -2.39. The molecule has 128 valence electrons. The number of aromatic nitrogens is 4. The lowest BCUT2D eigenvalue weighted by atomic mass is 9.97. The molecular weight excluding hydrogens is 338 g/mol. The maximum absolute atomic E-state index is 12.7. The Morgan fingerprint density at radius 2 is 2.28 bits per heavy atom. The average molecular weight is 355 g/mol. The number of likely N-dealkylation sites (tertiary alicyclic amines) is 1. The average Bonchev–Trinajstić information content (AvgIpc) is 3.31. The van der Waals surface area contributed by atoms with Gasteiger partial charge in [-0.25, -0.2) is 4.98 Å². The smallest absolute Gasteiger partial charge is 0.276 e. The maximum Gasteiger partial charge on any atom is 0.276 e. The van der Waals surface area contributed by atoms with Gasteiger partial charge in [-0.05, 0) is 31.9 Å². The molecule has 1 atom stereocenters. The lowest BCUT2D eigenvalue weighted by molar-refractivity contribution is 0.0707. The molecule has 3 aromatic heterocycles. The van der Waals surface area contributed by atoms with Crippen LogP contribution >= 0.6 is 11.3 Å². The van der Waals surface area contributed by atoms with Gasteiger partial charge in [-0.15, -0.1) is 11.3 Å². The predicted molar refractivity (Wildman–Crippen MR) is 92.3 cm³/mol. The zero-order valence-electron chi connectivity index (χ0n) is 13.8. The van der Waals surface area contributed by atoms with Gasteiger partial charge in [-0.1, -0.05) is 11.2 Å². The Labute approximate surface area is 148 Å². The van der Waals surface area contributed by atoms with Crippen LogP contribution in [0.15, 0.2) is 34.4 Å². The van der Waals surface area contributed by atoms with Crippen LogP contribution in [0.1, 0.15) is 39.9 Å². The Morgan fingerprint density at radius 3 is 3.04 bits per heavy atom. The van der Waals surface area contributed by atoms with Crippen LogP contribution in [0, 0.1) is 6.92 Å². The molecule has 0 spiro atoms. The predicted octanol–water partition coefficient (Wildman–Crippen LogP) is 2.92. The van der Waals surface area contributed by atoms with Crippen molar-refractivity contribution in [1.29, 1.82) is 0 Å². The van der Waals surface area contributed by atoms with E-state index in [9.17, 15) is 4.79 Å². The summed E-state index contributed by atoms with van der Waals surface area (Å²) in [5.74, 6) is 1.17. The van der Waals surface area contributed by atoms with Crippen molar-refractivity contribution in [3.63, 3.8) is 0 Å². The van der Waals surface area contributed by atoms with E-state index in [2.05, 4.69) is 20.1 Å². The minimum absolute atomic E-state index is 0.0399. The first-order valence-corrected chi connectivity index (χ1v) is 9.04. The molecule has 0 aromatic carbocycles. The maximum atomic E-state index is 12.7. The largest absolute Gasteiger partial charge is 0.337 e. The summed E-state index contributed by atoms with van der Waals surface area (Å²) in [7, 11) is 0. The van der Waals surface area contributed by atoms with Crippen molar-refractivity contribution in [2.24, 2.45) is 0 Å². The van der Waals surface area contributed by atoms with E-state index < -0.39 is 0 Å². The lowest BCUT2D eigenvalue weighted by Gasteiger charge is -2.31. The molecule has 1 amide bonds. The number of amides is 1. The quantitative estimate of drug-likeness (QED) is 0.718. The van der Waals surface area contributed by atoms with Crippen LogP contribution in [0.2, 0.25) is 0 Å². The van der Waals surface area contributed by atoms with Crippen molar-refractivity contribution in [1.82, 2.24) is 25.0 Å². The van der Waals surface area contributed by atoms with Gasteiger partial charge in [-0.3, -0.25) is 9.78 Å². The third-order valence-corrected chi connectivity index (χ3v) is 5.26. The number of aryl methyl sites for hydroxylation is 1. The van der Waals surface area contributed by atoms with Gasteiger partial charge in [0.05, 0.1) is 11.2 Å². The molecule has 4 rings (SSSR count). The molecule has 4 heterocycles. The first-order valence-electron chi connectivity index (χ1n) is 8.16. The normalized spacial score (nSPS) is 17.6. The zero-order chi connectivity index (χ0) is 17.2. The number of hydrogen-bond acceptors (Lipinski definition) is 7. The highest BCUT2D eigenvalue weighted by Gasteiger charge is 2.30. The molecule has 0 saturated carbocycles. The second kappa shape index (κ2) is 6.72. The summed E-state index contributed by atoms with van der Waals surface area (Å²) in [6.07, 6.45) is 3.55. The highest BCUT2D eigenvalue weighted by Crippen LogP contribution is 2.28. The molecule has 1 aliphatic heterocycles. The minimum atomic E-state index is 0.0399. The fraction of sp³-hybridized carbons (Fsp3) is 0.353. The van der Waals surface area contributed by atoms with Crippen molar-refractivity contribution >= 4 is 17.2 Å². The molecule has 0 aliphatic carbocycles. The molecule has 25 heavy (non-hydrogen) atoms. The van der Waals surface area contributed by atoms with E-state index in [0.29, 0.717) is 28.8 Å². The first-order chi connectivity index (χ1) is 12.2. The van der Waals surface area contributed by atoms with Gasteiger partial charge in [0.1, 0.15) is 10.6 Å². The number of pyridine rings is 1. The van der Waals surface area contributed by atoms with Gasteiger partial charge in [0.15, 0.2) is 5.82 Å². The van der Waals surface area contributed by atoms with E-state index >= 15 is 0 Å². The van der Waals surface area contributed by atoms with Crippen molar-refractivity contribution in [3.05, 3.63) is 46.3 Å². The number of hydrogen-bond donors (Lipinski definition) is 0. The number of nitrogens with zero attached hydrogens (tertiary/aromatic N) is 5. The SMILES string of the molecule is Cc1ncsc1C(=O)N1CCCC(c2noc(-c3ccccn3)n2)C1. The van der Waals surface area contributed by atoms with Crippen molar-refractivity contribution in [2.45, 2.75) is 25.7 Å². The number of rotatable bonds is 3. The van der Waals surface area contributed by atoms with Crippen molar-refractivity contribution < 1.29 is 9.32 Å². The molecular formula is C17H17N5O2S. The molecule has 1 saturated heterocycles. The van der Waals surface area contributed by atoms with Gasteiger partial charge in [-0.2, -0.15) is 4.98 Å². The summed E-state index contributed by atoms with van der Waals surface area (Å²) in [5, 5.41) is 4.12. The summed E-state index contributed by atoms with van der Waals surface area (Å²) >= 11 is 1.39. The fourth-order valence-electron chi connectivity index (χ4n) is 3.02. The molecule has 8 heteroatoms. The van der Waals surface area contributed by atoms with Crippen LogP contribution in [0.5, 0.6) is 0 Å². The van der Waals surface area contributed by atoms with Crippen LogP contribution in [-0.4, -0.2) is 44.0 Å². The summed E-state index contributed by atoms with van der Waals surface area (Å²) < 4.78 is 5.36. The van der Waals surface area contributed by atoms with Gasteiger partial charge >= 0.3 is 0 Å². The first kappa shape index (κ1) is 15.9. The summed E-state index contributed by atoms with van der Waals surface area (Å²) in [5.41, 5.74) is 3.15. The van der Waals surface area contributed by atoms with E-state index in [1.165, 1.54) is 11.3 Å². The molecule has 1 unspecified atom stereocenters. The number of thiazole rings is 1. The molecule has 7 nitrogen and oxygen atoms in total. The Morgan fingerprint density at radius 1 is 1.36 bits per heavy atom. The van der Waals surface area contributed by atoms with E-state index in [4.69, 9.17) is 4.52 Å². The number of carbonyl (C=O) groups excluding carboxylic acids is 1. The zero-order valence-corrected chi connectivity index (χ0v) is 14.6. The Hall–Kier alpha value is -2.61. The minimum Gasteiger partial charge on any atom is -0.337 e. The van der Waals surface area contributed by atoms with Crippen molar-refractivity contribution in [3.8, 4) is 11.6 Å². The molecule has 0 N–H and O–H groups in total.